The lowest BCUT2D eigenvalue weighted by atomic mass is 10.3. The smallest absolute Gasteiger partial charge is 0.263 e. The Kier molecular flexibility index (Phi) is 4.93. The largest absolute Gasteiger partial charge is 0.481 e. The summed E-state index contributed by atoms with van der Waals surface area (Å²) in [6.45, 7) is -0.289. The highest BCUT2D eigenvalue weighted by molar-refractivity contribution is 6.30. The normalized spacial score (nSPS) is 9.76. The van der Waals surface area contributed by atoms with Gasteiger partial charge in [0.25, 0.3) is 5.91 Å². The highest BCUT2D eigenvalue weighted by Crippen LogP contribution is 2.18. The summed E-state index contributed by atoms with van der Waals surface area (Å²) in [5.74, 6) is 0.104. The van der Waals surface area contributed by atoms with Gasteiger partial charge in [0.05, 0.1) is 5.02 Å². The van der Waals surface area contributed by atoms with Crippen LogP contribution in [0.25, 0.3) is 0 Å². The molecule has 0 aliphatic heterocycles. The molecular formula is C13H8Cl2N4O2. The van der Waals surface area contributed by atoms with Gasteiger partial charge in [0.1, 0.15) is 17.0 Å². The van der Waals surface area contributed by atoms with Crippen LogP contribution in [0.2, 0.25) is 10.2 Å². The molecule has 2 heterocycles. The summed E-state index contributed by atoms with van der Waals surface area (Å²) in [6.07, 6.45) is 1.41. The van der Waals surface area contributed by atoms with Crippen molar-refractivity contribution in [2.24, 2.45) is 0 Å². The molecule has 8 heteroatoms. The molecule has 0 radical (unpaired) electrons. The van der Waals surface area contributed by atoms with Crippen LogP contribution in [-0.4, -0.2) is 22.5 Å². The maximum absolute atomic E-state index is 11.7. The van der Waals surface area contributed by atoms with Crippen molar-refractivity contribution in [2.75, 3.05) is 11.9 Å². The number of halogens is 2. The summed E-state index contributed by atoms with van der Waals surface area (Å²) in [5, 5.41) is 12.1. The standard InChI is InChI=1S/C13H8Cl2N4O2/c14-8-1-4-12(17-6-8)19-13(20)7-21-10-2-3-11(15)18-9(10)5-16/h1-4,6H,7H2,(H,17,19,20). The van der Waals surface area contributed by atoms with Crippen molar-refractivity contribution in [3.63, 3.8) is 0 Å². The van der Waals surface area contributed by atoms with Gasteiger partial charge in [-0.15, -0.1) is 0 Å². The van der Waals surface area contributed by atoms with Gasteiger partial charge in [-0.1, -0.05) is 23.2 Å². The van der Waals surface area contributed by atoms with Crippen molar-refractivity contribution in [1.82, 2.24) is 9.97 Å². The van der Waals surface area contributed by atoms with Gasteiger partial charge in [0.15, 0.2) is 18.1 Å². The number of aromatic nitrogens is 2. The lowest BCUT2D eigenvalue weighted by Gasteiger charge is -2.08. The minimum absolute atomic E-state index is 0.0138. The topological polar surface area (TPSA) is 87.9 Å². The number of hydrogen-bond acceptors (Lipinski definition) is 5. The fourth-order valence-corrected chi connectivity index (χ4v) is 1.65. The zero-order valence-electron chi connectivity index (χ0n) is 10.5. The second-order valence-electron chi connectivity index (χ2n) is 3.79. The molecule has 106 valence electrons. The van der Waals surface area contributed by atoms with Crippen LogP contribution in [0.5, 0.6) is 5.75 Å². The number of carbonyl (C=O) groups is 1. The number of ether oxygens (including phenoxy) is 1. The number of rotatable bonds is 4. The van der Waals surface area contributed by atoms with Gasteiger partial charge in [-0.3, -0.25) is 4.79 Å². The summed E-state index contributed by atoms with van der Waals surface area (Å²) in [4.78, 5) is 19.4. The van der Waals surface area contributed by atoms with E-state index in [-0.39, 0.29) is 23.2 Å². The average molecular weight is 323 g/mol. The highest BCUT2D eigenvalue weighted by atomic mass is 35.5. The molecule has 0 saturated heterocycles. The number of carbonyl (C=O) groups excluding carboxylic acids is 1. The van der Waals surface area contributed by atoms with Gasteiger partial charge >= 0.3 is 0 Å². The van der Waals surface area contributed by atoms with Crippen molar-refractivity contribution in [2.45, 2.75) is 0 Å². The molecule has 0 fully saturated rings. The Hall–Kier alpha value is -2.36. The third kappa shape index (κ3) is 4.31. The molecule has 2 aromatic rings. The van der Waals surface area contributed by atoms with Gasteiger partial charge in [0.2, 0.25) is 0 Å². The van der Waals surface area contributed by atoms with E-state index in [1.807, 2.05) is 6.07 Å². The van der Waals surface area contributed by atoms with Crippen LogP contribution < -0.4 is 10.1 Å². The van der Waals surface area contributed by atoms with E-state index in [9.17, 15) is 4.79 Å². The summed E-state index contributed by atoms with van der Waals surface area (Å²) < 4.78 is 5.23. The number of nitrogens with one attached hydrogen (secondary N) is 1. The Bertz CT molecular complexity index is 698. The molecule has 0 atom stereocenters. The Balaban J connectivity index is 1.95. The first-order chi connectivity index (χ1) is 10.1. The first kappa shape index (κ1) is 15.0. The van der Waals surface area contributed by atoms with Gasteiger partial charge in [-0.05, 0) is 24.3 Å². The van der Waals surface area contributed by atoms with Crippen molar-refractivity contribution in [3.8, 4) is 11.8 Å². The summed E-state index contributed by atoms with van der Waals surface area (Å²) in [7, 11) is 0. The van der Waals surface area contributed by atoms with Gasteiger partial charge in [-0.2, -0.15) is 5.26 Å². The van der Waals surface area contributed by atoms with E-state index in [0.717, 1.165) is 0 Å². The van der Waals surface area contributed by atoms with Crippen LogP contribution in [0.1, 0.15) is 5.69 Å². The lowest BCUT2D eigenvalue weighted by molar-refractivity contribution is -0.118. The Morgan fingerprint density at radius 3 is 2.81 bits per heavy atom. The third-order valence-electron chi connectivity index (χ3n) is 2.28. The highest BCUT2D eigenvalue weighted by Gasteiger charge is 2.09. The maximum atomic E-state index is 11.7. The molecule has 0 unspecified atom stereocenters. The number of nitrogens with zero attached hydrogens (tertiary/aromatic N) is 3. The molecular weight excluding hydrogens is 315 g/mol. The molecule has 0 aromatic carbocycles. The van der Waals surface area contributed by atoms with Gasteiger partial charge < -0.3 is 10.1 Å². The second kappa shape index (κ2) is 6.88. The Morgan fingerprint density at radius 1 is 1.33 bits per heavy atom. The molecule has 0 bridgehead atoms. The number of pyridine rings is 2. The van der Waals surface area contributed by atoms with Crippen molar-refractivity contribution < 1.29 is 9.53 Å². The molecule has 1 N–H and O–H groups in total. The van der Waals surface area contributed by atoms with E-state index in [1.165, 1.54) is 18.3 Å². The molecule has 0 spiro atoms. The van der Waals surface area contributed by atoms with E-state index in [0.29, 0.717) is 10.8 Å². The molecule has 2 rings (SSSR count). The third-order valence-corrected chi connectivity index (χ3v) is 2.72. The quantitative estimate of drug-likeness (QED) is 0.874. The molecule has 0 aliphatic rings. The van der Waals surface area contributed by atoms with Crippen LogP contribution in [0.15, 0.2) is 30.5 Å². The van der Waals surface area contributed by atoms with Crippen LogP contribution in [0.4, 0.5) is 5.82 Å². The van der Waals surface area contributed by atoms with E-state index >= 15 is 0 Å². The summed E-state index contributed by atoms with van der Waals surface area (Å²) in [6, 6.07) is 7.94. The maximum Gasteiger partial charge on any atom is 0.263 e. The molecule has 2 aromatic heterocycles. The fourth-order valence-electron chi connectivity index (χ4n) is 1.39. The minimum Gasteiger partial charge on any atom is -0.481 e. The molecule has 6 nitrogen and oxygen atoms in total. The van der Waals surface area contributed by atoms with Gasteiger partial charge in [-0.25, -0.2) is 9.97 Å². The predicted octanol–water partition coefficient (Wildman–Crippen LogP) is 2.67. The zero-order valence-corrected chi connectivity index (χ0v) is 12.0. The van der Waals surface area contributed by atoms with Crippen LogP contribution in [0, 0.1) is 11.3 Å². The number of nitriles is 1. The summed E-state index contributed by atoms with van der Waals surface area (Å²) >= 11 is 11.3. The number of anilines is 1. The molecule has 0 aliphatic carbocycles. The van der Waals surface area contributed by atoms with E-state index < -0.39 is 5.91 Å². The molecule has 21 heavy (non-hydrogen) atoms. The Labute approximate surface area is 130 Å². The number of hydrogen-bond donors (Lipinski definition) is 1. The monoisotopic (exact) mass is 322 g/mol. The molecule has 1 amide bonds. The summed E-state index contributed by atoms with van der Waals surface area (Å²) in [5.41, 5.74) is 0.0138. The fraction of sp³-hybridized carbons (Fsp3) is 0.0769. The molecule has 0 saturated carbocycles. The van der Waals surface area contributed by atoms with E-state index in [1.54, 1.807) is 12.1 Å². The van der Waals surface area contributed by atoms with Crippen molar-refractivity contribution in [3.05, 3.63) is 46.3 Å². The minimum atomic E-state index is -0.427. The van der Waals surface area contributed by atoms with Crippen LogP contribution >= 0.6 is 23.2 Å². The van der Waals surface area contributed by atoms with Crippen LogP contribution in [0.3, 0.4) is 0 Å². The van der Waals surface area contributed by atoms with Crippen molar-refractivity contribution in [1.29, 1.82) is 5.26 Å². The lowest BCUT2D eigenvalue weighted by Crippen LogP contribution is -2.21. The number of amides is 1. The first-order valence-corrected chi connectivity index (χ1v) is 6.45. The van der Waals surface area contributed by atoms with Crippen LogP contribution in [-0.2, 0) is 4.79 Å². The van der Waals surface area contributed by atoms with Gasteiger partial charge in [0, 0.05) is 6.20 Å². The van der Waals surface area contributed by atoms with E-state index in [2.05, 4.69) is 15.3 Å². The predicted molar refractivity (Wildman–Crippen MR) is 77.3 cm³/mol. The average Bonchev–Trinajstić information content (AvgIpc) is 2.48. The second-order valence-corrected chi connectivity index (χ2v) is 4.61. The van der Waals surface area contributed by atoms with Crippen molar-refractivity contribution >= 4 is 34.9 Å². The first-order valence-electron chi connectivity index (χ1n) is 5.69. The van der Waals surface area contributed by atoms with E-state index in [4.69, 9.17) is 33.2 Å². The SMILES string of the molecule is N#Cc1nc(Cl)ccc1OCC(=O)Nc1ccc(Cl)cn1. The zero-order chi connectivity index (χ0) is 15.2. The Morgan fingerprint density at radius 2 is 2.14 bits per heavy atom.